The Bertz CT molecular complexity index is 1430. The van der Waals surface area contributed by atoms with Crippen LogP contribution in [0, 0.1) is 0 Å². The molecule has 1 atom stereocenters. The van der Waals surface area contributed by atoms with Crippen LogP contribution in [-0.2, 0) is 10.0 Å². The number of phenolic OH excluding ortho intramolecular Hbond substituents is 1. The molecule has 0 radical (unpaired) electrons. The van der Waals surface area contributed by atoms with Crippen molar-refractivity contribution in [2.75, 3.05) is 32.0 Å². The standard InChI is InChI=1S/C31H34N2O6S/c1-38-25-13-8-22(9-14-25)28(23-10-15-26(39-2)16-11-23)18-19-32-21-31(35)24-12-17-30(34)29(20-24)33-40(36,37)27-6-4-3-5-7-27/h3-17,20,28,31-35H,18-19,21H2,1-2H3/t31-/m0/s1. The molecule has 0 aromatic heterocycles. The molecule has 4 N–H and O–H groups in total. The van der Waals surface area contributed by atoms with E-state index < -0.39 is 16.1 Å². The molecule has 0 aliphatic carbocycles. The Morgan fingerprint density at radius 2 is 1.32 bits per heavy atom. The van der Waals surface area contributed by atoms with Gasteiger partial charge in [0.25, 0.3) is 10.0 Å². The molecule has 0 heterocycles. The molecule has 0 spiro atoms. The number of hydrogen-bond donors (Lipinski definition) is 4. The smallest absolute Gasteiger partial charge is 0.262 e. The number of benzene rings is 4. The molecule has 40 heavy (non-hydrogen) atoms. The lowest BCUT2D eigenvalue weighted by Gasteiger charge is -2.20. The fraction of sp³-hybridized carbons (Fsp3) is 0.226. The Balaban J connectivity index is 1.40. The van der Waals surface area contributed by atoms with Crippen molar-refractivity contribution in [1.82, 2.24) is 5.32 Å². The first kappa shape index (κ1) is 28.9. The van der Waals surface area contributed by atoms with Crippen LogP contribution in [-0.4, -0.2) is 45.9 Å². The summed E-state index contributed by atoms with van der Waals surface area (Å²) in [6.07, 6.45) is -0.149. The zero-order valence-electron chi connectivity index (χ0n) is 22.4. The van der Waals surface area contributed by atoms with E-state index >= 15 is 0 Å². The van der Waals surface area contributed by atoms with Crippen LogP contribution in [0.2, 0.25) is 0 Å². The molecule has 0 amide bonds. The van der Waals surface area contributed by atoms with Crippen molar-refractivity contribution in [1.29, 1.82) is 0 Å². The second-order valence-electron chi connectivity index (χ2n) is 9.30. The molecule has 4 aromatic carbocycles. The van der Waals surface area contributed by atoms with Crippen LogP contribution in [0.3, 0.4) is 0 Å². The van der Waals surface area contributed by atoms with Crippen LogP contribution in [0.4, 0.5) is 5.69 Å². The summed E-state index contributed by atoms with van der Waals surface area (Å²) in [5.74, 6) is 1.45. The monoisotopic (exact) mass is 562 g/mol. The van der Waals surface area contributed by atoms with E-state index in [1.54, 1.807) is 38.5 Å². The molecule has 4 aromatic rings. The lowest BCUT2D eigenvalue weighted by atomic mass is 9.88. The SMILES string of the molecule is COc1ccc(C(CCNC[C@H](O)c2ccc(O)c(NS(=O)(=O)c3ccccc3)c2)c2ccc(OC)cc2)cc1. The summed E-state index contributed by atoms with van der Waals surface area (Å²) in [5, 5.41) is 24.4. The molecule has 0 saturated carbocycles. The van der Waals surface area contributed by atoms with Gasteiger partial charge in [0.1, 0.15) is 17.2 Å². The zero-order valence-corrected chi connectivity index (χ0v) is 23.3. The largest absolute Gasteiger partial charge is 0.506 e. The number of anilines is 1. The van der Waals surface area contributed by atoms with E-state index in [1.807, 2.05) is 24.3 Å². The Morgan fingerprint density at radius 3 is 1.88 bits per heavy atom. The molecule has 0 unspecified atom stereocenters. The van der Waals surface area contributed by atoms with Crippen molar-refractivity contribution in [3.8, 4) is 17.2 Å². The number of aliphatic hydroxyl groups is 1. The Labute approximate surface area is 235 Å². The van der Waals surface area contributed by atoms with E-state index in [4.69, 9.17) is 9.47 Å². The second-order valence-corrected chi connectivity index (χ2v) is 11.0. The molecule has 210 valence electrons. The molecule has 0 fully saturated rings. The average molecular weight is 563 g/mol. The van der Waals surface area contributed by atoms with Gasteiger partial charge in [-0.25, -0.2) is 8.42 Å². The van der Waals surface area contributed by atoms with Gasteiger partial charge < -0.3 is 25.0 Å². The summed E-state index contributed by atoms with van der Waals surface area (Å²) in [6, 6.07) is 28.2. The molecular weight excluding hydrogens is 528 g/mol. The lowest BCUT2D eigenvalue weighted by molar-refractivity contribution is 0.174. The van der Waals surface area contributed by atoms with Crippen LogP contribution < -0.4 is 19.5 Å². The highest BCUT2D eigenvalue weighted by Gasteiger charge is 2.18. The number of ether oxygens (including phenoxy) is 2. The Hall–Kier alpha value is -4.05. The molecule has 0 aliphatic heterocycles. The highest BCUT2D eigenvalue weighted by molar-refractivity contribution is 7.92. The molecule has 8 nitrogen and oxygen atoms in total. The number of rotatable bonds is 13. The highest BCUT2D eigenvalue weighted by Crippen LogP contribution is 2.31. The van der Waals surface area contributed by atoms with Gasteiger partial charge in [-0.1, -0.05) is 48.5 Å². The maximum atomic E-state index is 12.7. The summed E-state index contributed by atoms with van der Waals surface area (Å²) in [7, 11) is -0.615. The quantitative estimate of drug-likeness (QED) is 0.133. The number of nitrogens with one attached hydrogen (secondary N) is 2. The molecule has 0 aliphatic rings. The molecule has 0 saturated heterocycles. The normalized spacial score (nSPS) is 12.2. The lowest BCUT2D eigenvalue weighted by Crippen LogP contribution is -2.24. The summed E-state index contributed by atoms with van der Waals surface area (Å²) in [5.41, 5.74) is 2.75. The molecular formula is C31H34N2O6S. The first-order valence-corrected chi connectivity index (χ1v) is 14.4. The first-order chi connectivity index (χ1) is 19.3. The van der Waals surface area contributed by atoms with Gasteiger partial charge in [-0.3, -0.25) is 4.72 Å². The van der Waals surface area contributed by atoms with Gasteiger partial charge in [-0.2, -0.15) is 0 Å². The van der Waals surface area contributed by atoms with Gasteiger partial charge >= 0.3 is 0 Å². The van der Waals surface area contributed by atoms with E-state index in [-0.39, 0.29) is 28.8 Å². The van der Waals surface area contributed by atoms with Crippen molar-refractivity contribution >= 4 is 15.7 Å². The molecule has 4 rings (SSSR count). The summed E-state index contributed by atoms with van der Waals surface area (Å²) >= 11 is 0. The van der Waals surface area contributed by atoms with Crippen LogP contribution in [0.25, 0.3) is 0 Å². The van der Waals surface area contributed by atoms with Gasteiger partial charge in [-0.15, -0.1) is 0 Å². The number of hydrogen-bond acceptors (Lipinski definition) is 7. The van der Waals surface area contributed by atoms with E-state index in [2.05, 4.69) is 34.3 Å². The minimum atomic E-state index is -3.89. The predicted molar refractivity (Wildman–Crippen MR) is 156 cm³/mol. The van der Waals surface area contributed by atoms with E-state index in [9.17, 15) is 18.6 Å². The van der Waals surface area contributed by atoms with E-state index in [0.29, 0.717) is 12.1 Å². The second kappa shape index (κ2) is 13.3. The third-order valence-corrected chi connectivity index (χ3v) is 8.07. The number of aliphatic hydroxyl groups excluding tert-OH is 1. The number of sulfonamides is 1. The number of phenols is 1. The van der Waals surface area contributed by atoms with Crippen molar-refractivity contribution in [3.63, 3.8) is 0 Å². The highest BCUT2D eigenvalue weighted by atomic mass is 32.2. The van der Waals surface area contributed by atoms with Crippen LogP contribution in [0.1, 0.15) is 35.1 Å². The van der Waals surface area contributed by atoms with Crippen molar-refractivity contribution < 1.29 is 28.1 Å². The van der Waals surface area contributed by atoms with Gasteiger partial charge in [0.15, 0.2) is 0 Å². The summed E-state index contributed by atoms with van der Waals surface area (Å²) in [4.78, 5) is 0.0743. The van der Waals surface area contributed by atoms with Gasteiger partial charge in [-0.05, 0) is 78.2 Å². The van der Waals surface area contributed by atoms with Crippen LogP contribution in [0.5, 0.6) is 17.2 Å². The van der Waals surface area contributed by atoms with Crippen molar-refractivity contribution in [3.05, 3.63) is 114 Å². The predicted octanol–water partition coefficient (Wildman–Crippen LogP) is 5.06. The first-order valence-electron chi connectivity index (χ1n) is 12.9. The van der Waals surface area contributed by atoms with Crippen molar-refractivity contribution in [2.45, 2.75) is 23.3 Å². The van der Waals surface area contributed by atoms with Crippen LogP contribution >= 0.6 is 0 Å². The van der Waals surface area contributed by atoms with Gasteiger partial charge in [0.05, 0.1) is 30.9 Å². The van der Waals surface area contributed by atoms with Gasteiger partial charge in [0, 0.05) is 12.5 Å². The van der Waals surface area contributed by atoms with Crippen LogP contribution in [0.15, 0.2) is 102 Å². The third-order valence-electron chi connectivity index (χ3n) is 6.69. The number of methoxy groups -OCH3 is 2. The Morgan fingerprint density at radius 1 is 0.775 bits per heavy atom. The fourth-order valence-electron chi connectivity index (χ4n) is 4.45. The molecule has 9 heteroatoms. The van der Waals surface area contributed by atoms with E-state index in [1.165, 1.54) is 24.3 Å². The molecule has 0 bridgehead atoms. The van der Waals surface area contributed by atoms with Gasteiger partial charge in [0.2, 0.25) is 0 Å². The van der Waals surface area contributed by atoms with Crippen molar-refractivity contribution in [2.24, 2.45) is 0 Å². The minimum Gasteiger partial charge on any atom is -0.506 e. The number of aromatic hydroxyl groups is 1. The van der Waals surface area contributed by atoms with E-state index in [0.717, 1.165) is 29.0 Å². The summed E-state index contributed by atoms with van der Waals surface area (Å²) in [6.45, 7) is 0.860. The Kier molecular flexibility index (Phi) is 9.65. The zero-order chi connectivity index (χ0) is 28.5. The fourth-order valence-corrected chi connectivity index (χ4v) is 5.53. The summed E-state index contributed by atoms with van der Waals surface area (Å²) < 4.78 is 38.4. The maximum Gasteiger partial charge on any atom is 0.262 e. The topological polar surface area (TPSA) is 117 Å². The minimum absolute atomic E-state index is 0.000483. The maximum absolute atomic E-state index is 12.7. The average Bonchev–Trinajstić information content (AvgIpc) is 2.99. The third kappa shape index (κ3) is 7.32.